The average Bonchev–Trinajstić information content (AvgIpc) is 2.50. The van der Waals surface area contributed by atoms with Crippen LogP contribution >= 0.6 is 0 Å². The van der Waals surface area contributed by atoms with Crippen molar-refractivity contribution in [2.45, 2.75) is 78.4 Å². The molecule has 0 amide bonds. The van der Waals surface area contributed by atoms with Crippen molar-refractivity contribution in [3.8, 4) is 0 Å². The normalized spacial score (nSPS) is 12.6. The first-order chi connectivity index (χ1) is 12.2. The van der Waals surface area contributed by atoms with E-state index in [4.69, 9.17) is 18.9 Å². The Labute approximate surface area is 154 Å². The van der Waals surface area contributed by atoms with Gasteiger partial charge in [0.1, 0.15) is 12.2 Å². The molecule has 0 bridgehead atoms. The molecule has 0 aromatic carbocycles. The highest BCUT2D eigenvalue weighted by Gasteiger charge is 2.12. The SMILES string of the molecule is CC(=O)OCC[C@@H](C)OC(=O)CCCCC(=O)O[C@H](C)CCOC(C)=O. The van der Waals surface area contributed by atoms with Crippen LogP contribution in [0, 0.1) is 0 Å². The fraction of sp³-hybridized carbons (Fsp3) is 0.778. The van der Waals surface area contributed by atoms with Crippen LogP contribution in [0.3, 0.4) is 0 Å². The molecule has 8 heteroatoms. The van der Waals surface area contributed by atoms with Crippen molar-refractivity contribution in [2.24, 2.45) is 0 Å². The summed E-state index contributed by atoms with van der Waals surface area (Å²) < 4.78 is 19.9. The highest BCUT2D eigenvalue weighted by atomic mass is 16.6. The van der Waals surface area contributed by atoms with E-state index in [1.54, 1.807) is 13.8 Å². The van der Waals surface area contributed by atoms with E-state index in [9.17, 15) is 19.2 Å². The standard InChI is InChI=1S/C18H30O8/c1-13(9-11-23-15(3)19)25-17(21)7-5-6-8-18(22)26-14(2)10-12-24-16(4)20/h13-14H,5-12H2,1-4H3/t13-,14-/m1/s1. The summed E-state index contributed by atoms with van der Waals surface area (Å²) in [5.74, 6) is -1.42. The van der Waals surface area contributed by atoms with Crippen molar-refractivity contribution in [1.29, 1.82) is 0 Å². The van der Waals surface area contributed by atoms with Crippen molar-refractivity contribution in [3.63, 3.8) is 0 Å². The first-order valence-electron chi connectivity index (χ1n) is 8.86. The Balaban J connectivity index is 3.70. The number of carbonyl (C=O) groups is 4. The van der Waals surface area contributed by atoms with Crippen LogP contribution in [0.4, 0.5) is 0 Å². The molecule has 0 unspecified atom stereocenters. The quantitative estimate of drug-likeness (QED) is 0.275. The molecular formula is C18H30O8. The topological polar surface area (TPSA) is 105 Å². The third-order valence-electron chi connectivity index (χ3n) is 3.34. The lowest BCUT2D eigenvalue weighted by molar-refractivity contribution is -0.152. The molecule has 0 saturated carbocycles. The van der Waals surface area contributed by atoms with Gasteiger partial charge in [0.05, 0.1) is 13.2 Å². The monoisotopic (exact) mass is 374 g/mol. The molecule has 0 aliphatic heterocycles. The molecule has 0 rings (SSSR count). The molecule has 0 aliphatic rings. The van der Waals surface area contributed by atoms with Gasteiger partial charge in [-0.3, -0.25) is 19.2 Å². The van der Waals surface area contributed by atoms with Gasteiger partial charge in [0, 0.05) is 39.5 Å². The lowest BCUT2D eigenvalue weighted by Gasteiger charge is -2.14. The van der Waals surface area contributed by atoms with Gasteiger partial charge in [0.2, 0.25) is 0 Å². The van der Waals surface area contributed by atoms with Crippen LogP contribution in [0.15, 0.2) is 0 Å². The van der Waals surface area contributed by atoms with E-state index in [0.29, 0.717) is 25.7 Å². The van der Waals surface area contributed by atoms with E-state index < -0.39 is 0 Å². The van der Waals surface area contributed by atoms with Gasteiger partial charge < -0.3 is 18.9 Å². The summed E-state index contributed by atoms with van der Waals surface area (Å²) >= 11 is 0. The van der Waals surface area contributed by atoms with Gasteiger partial charge in [-0.1, -0.05) is 0 Å². The maximum absolute atomic E-state index is 11.7. The van der Waals surface area contributed by atoms with Crippen LogP contribution in [0.2, 0.25) is 0 Å². The molecule has 2 atom stereocenters. The predicted molar refractivity (Wildman–Crippen MR) is 92.1 cm³/mol. The zero-order chi connectivity index (χ0) is 19.9. The zero-order valence-corrected chi connectivity index (χ0v) is 16.1. The lowest BCUT2D eigenvalue weighted by atomic mass is 10.2. The third kappa shape index (κ3) is 15.4. The summed E-state index contributed by atoms with van der Waals surface area (Å²) in [6.45, 7) is 6.53. The summed E-state index contributed by atoms with van der Waals surface area (Å²) in [4.78, 5) is 44.6. The maximum Gasteiger partial charge on any atom is 0.306 e. The molecule has 150 valence electrons. The van der Waals surface area contributed by atoms with E-state index >= 15 is 0 Å². The zero-order valence-electron chi connectivity index (χ0n) is 16.1. The van der Waals surface area contributed by atoms with Gasteiger partial charge in [-0.25, -0.2) is 0 Å². The molecule has 0 aromatic rings. The van der Waals surface area contributed by atoms with Crippen LogP contribution in [0.25, 0.3) is 0 Å². The number of ether oxygens (including phenoxy) is 4. The first-order valence-corrected chi connectivity index (χ1v) is 8.86. The van der Waals surface area contributed by atoms with E-state index in [1.807, 2.05) is 0 Å². The van der Waals surface area contributed by atoms with Crippen LogP contribution in [-0.2, 0) is 38.1 Å². The van der Waals surface area contributed by atoms with Crippen molar-refractivity contribution in [3.05, 3.63) is 0 Å². The number of unbranched alkanes of at least 4 members (excludes halogenated alkanes) is 1. The van der Waals surface area contributed by atoms with Gasteiger partial charge in [0.25, 0.3) is 0 Å². The number of hydrogen-bond acceptors (Lipinski definition) is 8. The van der Waals surface area contributed by atoms with Gasteiger partial charge in [-0.15, -0.1) is 0 Å². The van der Waals surface area contributed by atoms with E-state index in [0.717, 1.165) is 0 Å². The second-order valence-electron chi connectivity index (χ2n) is 6.07. The summed E-state index contributed by atoms with van der Waals surface area (Å²) in [5, 5.41) is 0. The van der Waals surface area contributed by atoms with Crippen LogP contribution in [0.1, 0.15) is 66.2 Å². The fourth-order valence-electron chi connectivity index (χ4n) is 1.96. The summed E-state index contributed by atoms with van der Waals surface area (Å²) in [6.07, 6.45) is 1.71. The second-order valence-corrected chi connectivity index (χ2v) is 6.07. The Kier molecular flexibility index (Phi) is 12.9. The minimum absolute atomic E-state index is 0.214. The molecule has 0 radical (unpaired) electrons. The van der Waals surface area contributed by atoms with Crippen LogP contribution in [-0.4, -0.2) is 49.3 Å². The lowest BCUT2D eigenvalue weighted by Crippen LogP contribution is -2.18. The number of esters is 4. The molecule has 0 fully saturated rings. The fourth-order valence-corrected chi connectivity index (χ4v) is 1.96. The third-order valence-corrected chi connectivity index (χ3v) is 3.34. The molecule has 0 aliphatic carbocycles. The van der Waals surface area contributed by atoms with Gasteiger partial charge in [-0.2, -0.15) is 0 Å². The van der Waals surface area contributed by atoms with Crippen LogP contribution < -0.4 is 0 Å². The van der Waals surface area contributed by atoms with Crippen LogP contribution in [0.5, 0.6) is 0 Å². The Morgan fingerprint density at radius 2 is 1.04 bits per heavy atom. The average molecular weight is 374 g/mol. The van der Waals surface area contributed by atoms with Crippen molar-refractivity contribution < 1.29 is 38.1 Å². The van der Waals surface area contributed by atoms with Gasteiger partial charge in [0.15, 0.2) is 0 Å². The maximum atomic E-state index is 11.7. The Morgan fingerprint density at radius 3 is 1.35 bits per heavy atom. The molecule has 0 heterocycles. The molecule has 8 nitrogen and oxygen atoms in total. The van der Waals surface area contributed by atoms with E-state index in [1.165, 1.54) is 13.8 Å². The number of carbonyl (C=O) groups excluding carboxylic acids is 4. The molecular weight excluding hydrogens is 344 g/mol. The van der Waals surface area contributed by atoms with Crippen molar-refractivity contribution in [2.75, 3.05) is 13.2 Å². The second kappa shape index (κ2) is 14.1. The minimum Gasteiger partial charge on any atom is -0.466 e. The minimum atomic E-state index is -0.365. The van der Waals surface area contributed by atoms with E-state index in [2.05, 4.69) is 0 Å². The Morgan fingerprint density at radius 1 is 0.692 bits per heavy atom. The van der Waals surface area contributed by atoms with Gasteiger partial charge >= 0.3 is 23.9 Å². The molecule has 26 heavy (non-hydrogen) atoms. The highest BCUT2D eigenvalue weighted by Crippen LogP contribution is 2.08. The summed E-state index contributed by atoms with van der Waals surface area (Å²) in [5.41, 5.74) is 0. The number of rotatable bonds is 13. The van der Waals surface area contributed by atoms with Crippen molar-refractivity contribution in [1.82, 2.24) is 0 Å². The molecule has 0 aromatic heterocycles. The van der Waals surface area contributed by atoms with Crippen molar-refractivity contribution >= 4 is 23.9 Å². The predicted octanol–water partition coefficient (Wildman–Crippen LogP) is 2.32. The summed E-state index contributed by atoms with van der Waals surface area (Å²) in [7, 11) is 0. The smallest absolute Gasteiger partial charge is 0.306 e. The molecule has 0 N–H and O–H groups in total. The Bertz CT molecular complexity index is 418. The largest absolute Gasteiger partial charge is 0.466 e. The van der Waals surface area contributed by atoms with Gasteiger partial charge in [-0.05, 0) is 26.7 Å². The van der Waals surface area contributed by atoms with E-state index in [-0.39, 0.29) is 62.1 Å². The molecule has 0 spiro atoms. The highest BCUT2D eigenvalue weighted by molar-refractivity contribution is 5.71. The number of hydrogen-bond donors (Lipinski definition) is 0. The molecule has 0 saturated heterocycles. The first kappa shape index (κ1) is 23.9. The Hall–Kier alpha value is -2.12. The summed E-state index contributed by atoms with van der Waals surface area (Å²) in [6, 6.07) is 0.